The molecule has 0 aliphatic carbocycles. The maximum atomic E-state index is 12.6. The summed E-state index contributed by atoms with van der Waals surface area (Å²) in [6, 6.07) is 10.6. The first-order chi connectivity index (χ1) is 14.1. The smallest absolute Gasteiger partial charge is 0.320 e. The molecule has 0 radical (unpaired) electrons. The summed E-state index contributed by atoms with van der Waals surface area (Å²) in [6.45, 7) is 3.43. The van der Waals surface area contributed by atoms with Crippen molar-refractivity contribution in [1.29, 1.82) is 5.41 Å². The highest BCUT2D eigenvalue weighted by atomic mass is 16.5. The Morgan fingerprint density at radius 3 is 2.83 bits per heavy atom. The second-order valence-corrected chi connectivity index (χ2v) is 7.07. The molecule has 1 aliphatic heterocycles. The van der Waals surface area contributed by atoms with Crippen molar-refractivity contribution in [2.24, 2.45) is 5.92 Å². The number of pyridine rings is 1. The molecule has 2 amide bonds. The summed E-state index contributed by atoms with van der Waals surface area (Å²) in [5.74, 6) is 0.251. The molecule has 0 spiro atoms. The Labute approximate surface area is 170 Å². The fourth-order valence-electron chi connectivity index (χ4n) is 3.43. The van der Waals surface area contributed by atoms with Crippen LogP contribution in [-0.2, 0) is 11.2 Å². The number of carbonyl (C=O) groups is 1. The number of aromatic nitrogens is 1. The largest absolute Gasteiger partial charge is 0.396 e. The van der Waals surface area contributed by atoms with Crippen molar-refractivity contribution in [2.45, 2.75) is 19.4 Å². The highest BCUT2D eigenvalue weighted by Gasteiger charge is 2.23. The average Bonchev–Trinajstić information content (AvgIpc) is 2.73. The van der Waals surface area contributed by atoms with E-state index in [0.717, 1.165) is 23.5 Å². The maximum absolute atomic E-state index is 12.6. The molecule has 29 heavy (non-hydrogen) atoms. The number of hydrogen-bond acceptors (Lipinski definition) is 5. The normalized spacial score (nSPS) is 20.0. The fourth-order valence-corrected chi connectivity index (χ4v) is 3.43. The van der Waals surface area contributed by atoms with Crippen molar-refractivity contribution in [3.63, 3.8) is 0 Å². The second kappa shape index (κ2) is 10.1. The van der Waals surface area contributed by atoms with Gasteiger partial charge in [-0.25, -0.2) is 9.78 Å². The summed E-state index contributed by atoms with van der Waals surface area (Å²) >= 11 is 0. The van der Waals surface area contributed by atoms with Gasteiger partial charge in [-0.15, -0.1) is 0 Å². The van der Waals surface area contributed by atoms with Crippen LogP contribution in [0.2, 0.25) is 0 Å². The molecule has 8 heteroatoms. The number of nitrogens with one attached hydrogen (secondary N) is 3. The number of ether oxygens (including phenoxy) is 1. The first-order valence-electron chi connectivity index (χ1n) is 9.83. The summed E-state index contributed by atoms with van der Waals surface area (Å²) in [5, 5.41) is 25.3. The third kappa shape index (κ3) is 5.38. The van der Waals surface area contributed by atoms with Gasteiger partial charge >= 0.3 is 6.03 Å². The minimum Gasteiger partial charge on any atom is -0.396 e. The Morgan fingerprint density at radius 2 is 2.14 bits per heavy atom. The van der Waals surface area contributed by atoms with E-state index in [2.05, 4.69) is 15.6 Å². The molecule has 0 fully saturated rings. The zero-order valence-electron chi connectivity index (χ0n) is 16.5. The van der Waals surface area contributed by atoms with Gasteiger partial charge in [0, 0.05) is 25.2 Å². The molecule has 1 aliphatic rings. The lowest BCUT2D eigenvalue weighted by Crippen LogP contribution is -2.78. The molecule has 6 N–H and O–H groups in total. The van der Waals surface area contributed by atoms with Crippen molar-refractivity contribution in [3.05, 3.63) is 53.2 Å². The monoisotopic (exact) mass is 398 g/mol. The Balaban J connectivity index is 1.95. The molecule has 1 aromatic carbocycles. The minimum atomic E-state index is -0.386. The number of nitrogens with two attached hydrogens (primary N) is 1. The van der Waals surface area contributed by atoms with Gasteiger partial charge in [-0.2, -0.15) is 0 Å². The van der Waals surface area contributed by atoms with E-state index >= 15 is 0 Å². The Kier molecular flexibility index (Phi) is 7.29. The number of benzene rings is 1. The number of hydrogen-bond donors (Lipinski definition) is 5. The molecule has 0 saturated heterocycles. The zero-order valence-corrected chi connectivity index (χ0v) is 16.5. The van der Waals surface area contributed by atoms with Gasteiger partial charge in [0.1, 0.15) is 11.5 Å². The molecule has 2 aromatic rings. The van der Waals surface area contributed by atoms with Gasteiger partial charge in [-0.05, 0) is 18.6 Å². The van der Waals surface area contributed by atoms with Gasteiger partial charge in [0.25, 0.3) is 0 Å². The maximum Gasteiger partial charge on any atom is 0.320 e. The molecule has 3 rings (SSSR count). The van der Waals surface area contributed by atoms with Crippen LogP contribution in [0.3, 0.4) is 0 Å². The van der Waals surface area contributed by atoms with Crippen LogP contribution in [0.4, 0.5) is 16.3 Å². The number of fused-ring (bicyclic) bond motifs is 2. The van der Waals surface area contributed by atoms with E-state index in [1.165, 1.54) is 6.21 Å². The molecule has 0 saturated carbocycles. The number of aliphatic hydroxyl groups is 1. The molecule has 1 aromatic heterocycles. The Morgan fingerprint density at radius 1 is 1.34 bits per heavy atom. The van der Waals surface area contributed by atoms with E-state index in [1.807, 2.05) is 42.6 Å². The molecule has 2 bridgehead atoms. The van der Waals surface area contributed by atoms with Crippen LogP contribution >= 0.6 is 0 Å². The van der Waals surface area contributed by atoms with Crippen LogP contribution in [0.5, 0.6) is 0 Å². The van der Waals surface area contributed by atoms with Crippen LogP contribution in [0.15, 0.2) is 36.4 Å². The van der Waals surface area contributed by atoms with Gasteiger partial charge in [-0.3, -0.25) is 5.32 Å². The van der Waals surface area contributed by atoms with Crippen LogP contribution in [0, 0.1) is 11.3 Å². The third-order valence-corrected chi connectivity index (χ3v) is 4.86. The van der Waals surface area contributed by atoms with E-state index in [1.54, 1.807) is 6.07 Å². The lowest BCUT2D eigenvalue weighted by atomic mass is 10.0. The third-order valence-electron chi connectivity index (χ3n) is 4.86. The molecular weight excluding hydrogens is 370 g/mol. The zero-order chi connectivity index (χ0) is 20.6. The van der Waals surface area contributed by atoms with Gasteiger partial charge in [0.15, 0.2) is 5.69 Å². The number of anilines is 1. The van der Waals surface area contributed by atoms with Crippen LogP contribution < -0.4 is 16.0 Å². The SMILES string of the molecule is CC[NH2+]c1c(C=N)cc2nc1CC(CO)COCC(c1ccccc1)NC(=O)N2. The topological polar surface area (TPSA) is 124 Å². The molecule has 2 atom stereocenters. The predicted octanol–water partition coefficient (Wildman–Crippen LogP) is 1.34. The van der Waals surface area contributed by atoms with E-state index in [-0.39, 0.29) is 24.6 Å². The van der Waals surface area contributed by atoms with Crippen molar-refractivity contribution in [2.75, 3.05) is 31.7 Å². The quantitative estimate of drug-likeness (QED) is 0.488. The summed E-state index contributed by atoms with van der Waals surface area (Å²) in [5.41, 5.74) is 3.22. The Hall–Kier alpha value is -2.81. The van der Waals surface area contributed by atoms with Gasteiger partial charge in [-0.1, -0.05) is 30.3 Å². The minimum absolute atomic E-state index is 0.0345. The van der Waals surface area contributed by atoms with Gasteiger partial charge in [0.2, 0.25) is 0 Å². The number of nitrogens with zero attached hydrogens (tertiary/aromatic N) is 1. The molecule has 8 nitrogen and oxygen atoms in total. The van der Waals surface area contributed by atoms with Crippen LogP contribution in [0.25, 0.3) is 0 Å². The van der Waals surface area contributed by atoms with E-state index in [0.29, 0.717) is 31.0 Å². The highest BCUT2D eigenvalue weighted by molar-refractivity contribution is 5.91. The van der Waals surface area contributed by atoms with E-state index < -0.39 is 0 Å². The summed E-state index contributed by atoms with van der Waals surface area (Å²) in [7, 11) is 0. The number of aliphatic hydroxyl groups excluding tert-OH is 1. The van der Waals surface area contributed by atoms with Crippen molar-refractivity contribution in [3.8, 4) is 0 Å². The van der Waals surface area contributed by atoms with Crippen molar-refractivity contribution in [1.82, 2.24) is 10.3 Å². The first kappa shape index (κ1) is 20.9. The van der Waals surface area contributed by atoms with Crippen LogP contribution in [0.1, 0.15) is 29.8 Å². The number of urea groups is 1. The predicted molar refractivity (Wildman–Crippen MR) is 111 cm³/mol. The number of amides is 2. The summed E-state index contributed by atoms with van der Waals surface area (Å²) < 4.78 is 5.87. The highest BCUT2D eigenvalue weighted by Crippen LogP contribution is 2.22. The average molecular weight is 398 g/mol. The Bertz CT molecular complexity index is 844. The number of carbonyl (C=O) groups excluding carboxylic acids is 1. The lowest BCUT2D eigenvalue weighted by Gasteiger charge is -2.23. The second-order valence-electron chi connectivity index (χ2n) is 7.07. The van der Waals surface area contributed by atoms with E-state index in [4.69, 9.17) is 10.1 Å². The van der Waals surface area contributed by atoms with Crippen molar-refractivity contribution >= 4 is 23.8 Å². The van der Waals surface area contributed by atoms with E-state index in [9.17, 15) is 9.90 Å². The summed E-state index contributed by atoms with van der Waals surface area (Å²) in [4.78, 5) is 17.2. The standard InChI is InChI=1S/C21H27N5O3/c1-2-23-20-16(10-22)9-19-24-17(20)8-14(11-27)12-29-13-18(25-21(28)26-19)15-6-4-3-5-7-15/h3-7,9-10,14,18,22-23,27H,2,8,11-13H2,1H3,(H2,24,25,26,28)/p+1. The van der Waals surface area contributed by atoms with Gasteiger partial charge < -0.3 is 25.9 Å². The molecule has 2 unspecified atom stereocenters. The van der Waals surface area contributed by atoms with Crippen molar-refractivity contribution < 1.29 is 20.0 Å². The number of rotatable bonds is 5. The van der Waals surface area contributed by atoms with Gasteiger partial charge in [0.05, 0.1) is 31.4 Å². The number of quaternary nitrogens is 1. The molecular formula is C21H28N5O3+. The summed E-state index contributed by atoms with van der Waals surface area (Å²) in [6.07, 6.45) is 1.76. The van der Waals surface area contributed by atoms with Crippen LogP contribution in [-0.4, -0.2) is 48.7 Å². The molecule has 2 heterocycles. The lowest BCUT2D eigenvalue weighted by molar-refractivity contribution is -0.568. The molecule has 154 valence electrons. The first-order valence-corrected chi connectivity index (χ1v) is 9.83. The fraction of sp³-hybridized carbons (Fsp3) is 0.381.